The third kappa shape index (κ3) is 5.51. The molecule has 1 heterocycles. The van der Waals surface area contributed by atoms with Gasteiger partial charge in [-0.05, 0) is 51.0 Å². The van der Waals surface area contributed by atoms with E-state index in [1.165, 1.54) is 0 Å². The van der Waals surface area contributed by atoms with Crippen molar-refractivity contribution in [3.8, 4) is 0 Å². The van der Waals surface area contributed by atoms with E-state index in [0.717, 1.165) is 38.1 Å². The van der Waals surface area contributed by atoms with Crippen molar-refractivity contribution in [2.24, 2.45) is 33.5 Å². The summed E-state index contributed by atoms with van der Waals surface area (Å²) < 4.78 is 40.4. The molecule has 4 N–H and O–H groups in total. The lowest BCUT2D eigenvalue weighted by atomic mass is 9.74. The topological polar surface area (TPSA) is 95.2 Å². The zero-order valence-corrected chi connectivity index (χ0v) is 14.7. The lowest BCUT2D eigenvalue weighted by Crippen LogP contribution is -2.61. The largest absolute Gasteiger partial charge is 0.381 e. The van der Waals surface area contributed by atoms with Crippen LogP contribution in [0.25, 0.3) is 0 Å². The van der Waals surface area contributed by atoms with E-state index in [0.29, 0.717) is 51.7 Å². The summed E-state index contributed by atoms with van der Waals surface area (Å²) in [5.41, 5.74) is 9.31. The summed E-state index contributed by atoms with van der Waals surface area (Å²) in [7, 11) is 0. The Kier molecular flexibility index (Phi) is 7.86. The lowest BCUT2D eigenvalue weighted by Gasteiger charge is -2.39. The summed E-state index contributed by atoms with van der Waals surface area (Å²) in [5, 5.41) is 6.99. The predicted octanol–water partition coefficient (Wildman–Crippen LogP) is 1.97. The highest BCUT2D eigenvalue weighted by molar-refractivity contribution is 5.98. The minimum absolute atomic E-state index is 0.338. The molecule has 2 rings (SSSR count). The Morgan fingerprint density at radius 2 is 1.60 bits per heavy atom. The van der Waals surface area contributed by atoms with Crippen LogP contribution in [-0.4, -0.2) is 56.9 Å². The van der Waals surface area contributed by atoms with Gasteiger partial charge in [0.25, 0.3) is 5.92 Å². The molecule has 1 aliphatic carbocycles. The number of ether oxygens (including phenoxy) is 2. The van der Waals surface area contributed by atoms with E-state index in [-0.39, 0.29) is 0 Å². The van der Waals surface area contributed by atoms with Crippen molar-refractivity contribution in [3.63, 3.8) is 0 Å². The van der Waals surface area contributed by atoms with Gasteiger partial charge in [-0.3, -0.25) is 0 Å². The van der Waals surface area contributed by atoms with Gasteiger partial charge in [-0.2, -0.15) is 10.2 Å². The minimum atomic E-state index is -3.02. The molecule has 1 fully saturated rings. The molecule has 2 aliphatic rings. The van der Waals surface area contributed by atoms with Crippen LogP contribution in [0.15, 0.2) is 10.2 Å². The van der Waals surface area contributed by atoms with E-state index in [2.05, 4.69) is 10.2 Å². The smallest absolute Gasteiger partial charge is 0.278 e. The van der Waals surface area contributed by atoms with E-state index < -0.39 is 17.4 Å². The molecule has 1 aliphatic heterocycles. The van der Waals surface area contributed by atoms with Gasteiger partial charge in [0.1, 0.15) is 0 Å². The van der Waals surface area contributed by atoms with E-state index >= 15 is 0 Å². The maximum atomic E-state index is 14.6. The Bertz CT molecular complexity index is 440. The second-order valence-corrected chi connectivity index (χ2v) is 6.95. The molecular weight excluding hydrogens is 330 g/mol. The van der Waals surface area contributed by atoms with Crippen molar-refractivity contribution < 1.29 is 18.3 Å². The van der Waals surface area contributed by atoms with Crippen LogP contribution in [0.4, 0.5) is 8.78 Å². The predicted molar refractivity (Wildman–Crippen MR) is 94.2 cm³/mol. The molecule has 0 unspecified atom stereocenters. The van der Waals surface area contributed by atoms with E-state index in [1.54, 1.807) is 0 Å². The molecule has 0 aromatic carbocycles. The Balaban J connectivity index is 1.60. The Labute approximate surface area is 148 Å². The normalized spacial score (nSPS) is 25.6. The van der Waals surface area contributed by atoms with E-state index in [1.807, 2.05) is 0 Å². The summed E-state index contributed by atoms with van der Waals surface area (Å²) in [5.74, 6) is -3.42. The van der Waals surface area contributed by atoms with Gasteiger partial charge in [0.15, 0.2) is 5.54 Å². The quantitative estimate of drug-likeness (QED) is 0.551. The molecular formula is C17H30F2N4O2. The van der Waals surface area contributed by atoms with Gasteiger partial charge >= 0.3 is 0 Å². The average molecular weight is 360 g/mol. The van der Waals surface area contributed by atoms with Crippen LogP contribution in [0.1, 0.15) is 38.5 Å². The molecule has 0 radical (unpaired) electrons. The summed E-state index contributed by atoms with van der Waals surface area (Å²) in [4.78, 5) is 0. The highest BCUT2D eigenvalue weighted by Gasteiger charge is 2.56. The van der Waals surface area contributed by atoms with Crippen molar-refractivity contribution >= 4 is 12.4 Å². The molecule has 0 atom stereocenters. The maximum Gasteiger partial charge on any atom is 0.278 e. The molecule has 0 spiro atoms. The van der Waals surface area contributed by atoms with Crippen LogP contribution in [0.2, 0.25) is 0 Å². The molecule has 8 heteroatoms. The first kappa shape index (κ1) is 20.4. The van der Waals surface area contributed by atoms with Crippen molar-refractivity contribution in [1.82, 2.24) is 0 Å². The molecule has 0 amide bonds. The number of alkyl halides is 2. The zero-order valence-electron chi connectivity index (χ0n) is 14.7. The van der Waals surface area contributed by atoms with Crippen LogP contribution >= 0.6 is 0 Å². The Hall–Kier alpha value is -0.960. The van der Waals surface area contributed by atoms with E-state index in [9.17, 15) is 8.78 Å². The molecule has 6 nitrogen and oxygen atoms in total. The Morgan fingerprint density at radius 3 is 2.24 bits per heavy atom. The summed E-state index contributed by atoms with van der Waals surface area (Å²) in [6.45, 7) is 3.26. The first-order valence-electron chi connectivity index (χ1n) is 9.10. The molecule has 0 saturated heterocycles. The van der Waals surface area contributed by atoms with Gasteiger partial charge < -0.3 is 20.9 Å². The molecule has 0 bridgehead atoms. The fourth-order valence-corrected chi connectivity index (χ4v) is 3.31. The number of hydrogen-bond acceptors (Lipinski definition) is 6. The van der Waals surface area contributed by atoms with Crippen molar-refractivity contribution in [3.05, 3.63) is 0 Å². The van der Waals surface area contributed by atoms with Crippen LogP contribution in [0.3, 0.4) is 0 Å². The van der Waals surface area contributed by atoms with Gasteiger partial charge in [-0.15, -0.1) is 0 Å². The van der Waals surface area contributed by atoms with Crippen molar-refractivity contribution in [2.45, 2.75) is 50.0 Å². The highest BCUT2D eigenvalue weighted by atomic mass is 19.3. The third-order valence-corrected chi connectivity index (χ3v) is 4.97. The SMILES string of the molecule is NCCCOCCCOCC1CCC(C(F)(F)C2(N)C=NN=C2)CC1. The van der Waals surface area contributed by atoms with Crippen LogP contribution < -0.4 is 11.5 Å². The summed E-state index contributed by atoms with van der Waals surface area (Å²) in [6.07, 6.45) is 6.18. The van der Waals surface area contributed by atoms with Gasteiger partial charge in [0, 0.05) is 32.3 Å². The van der Waals surface area contributed by atoms with Crippen molar-refractivity contribution in [2.75, 3.05) is 33.0 Å². The number of halogens is 2. The number of nitrogens with two attached hydrogens (primary N) is 2. The van der Waals surface area contributed by atoms with Gasteiger partial charge in [0.2, 0.25) is 0 Å². The first-order chi connectivity index (χ1) is 12.0. The fraction of sp³-hybridized carbons (Fsp3) is 0.882. The van der Waals surface area contributed by atoms with Crippen LogP contribution in [0.5, 0.6) is 0 Å². The standard InChI is InChI=1S/C17H30F2N4O2/c18-17(19,16(21)12-22-23-13-16)15-5-3-14(4-6-15)11-25-10-2-9-24-8-1-7-20/h12-15H,1-11,20-21H2. The molecule has 0 aromatic heterocycles. The lowest BCUT2D eigenvalue weighted by molar-refractivity contribution is -0.0947. The Morgan fingerprint density at radius 1 is 1.00 bits per heavy atom. The van der Waals surface area contributed by atoms with Gasteiger partial charge in [0.05, 0.1) is 12.4 Å². The third-order valence-electron chi connectivity index (χ3n) is 4.97. The van der Waals surface area contributed by atoms with Crippen LogP contribution in [0, 0.1) is 11.8 Å². The average Bonchev–Trinajstić information content (AvgIpc) is 3.06. The molecule has 0 aromatic rings. The molecule has 25 heavy (non-hydrogen) atoms. The summed E-state index contributed by atoms with van der Waals surface area (Å²) >= 11 is 0. The van der Waals surface area contributed by atoms with Crippen molar-refractivity contribution in [1.29, 1.82) is 0 Å². The molecule has 144 valence electrons. The monoisotopic (exact) mass is 360 g/mol. The number of hydrogen-bond donors (Lipinski definition) is 2. The summed E-state index contributed by atoms with van der Waals surface area (Å²) in [6, 6.07) is 0. The minimum Gasteiger partial charge on any atom is -0.381 e. The zero-order chi connectivity index (χ0) is 18.2. The fourth-order valence-electron chi connectivity index (χ4n) is 3.31. The first-order valence-corrected chi connectivity index (χ1v) is 9.10. The second-order valence-electron chi connectivity index (χ2n) is 6.95. The maximum absolute atomic E-state index is 14.6. The second kappa shape index (κ2) is 9.66. The van der Waals surface area contributed by atoms with Gasteiger partial charge in [-0.1, -0.05) is 0 Å². The van der Waals surface area contributed by atoms with Crippen LogP contribution in [-0.2, 0) is 9.47 Å². The van der Waals surface area contributed by atoms with E-state index in [4.69, 9.17) is 20.9 Å². The molecule has 1 saturated carbocycles. The highest BCUT2D eigenvalue weighted by Crippen LogP contribution is 2.43. The van der Waals surface area contributed by atoms with Gasteiger partial charge in [-0.25, -0.2) is 8.78 Å². The number of rotatable bonds is 11. The number of nitrogens with zero attached hydrogens (tertiary/aromatic N) is 2.